The predicted octanol–water partition coefficient (Wildman–Crippen LogP) is 5.03. The van der Waals surface area contributed by atoms with Gasteiger partial charge in [0.2, 0.25) is 0 Å². The van der Waals surface area contributed by atoms with E-state index in [0.717, 1.165) is 22.3 Å². The van der Waals surface area contributed by atoms with Crippen molar-refractivity contribution >= 4 is 17.8 Å². The molecule has 0 unspecified atom stereocenters. The van der Waals surface area contributed by atoms with E-state index in [9.17, 15) is 14.7 Å². The normalized spacial score (nSPS) is 10.7. The summed E-state index contributed by atoms with van der Waals surface area (Å²) >= 11 is 0. The van der Waals surface area contributed by atoms with Gasteiger partial charge in [-0.25, -0.2) is 0 Å². The topological polar surface area (TPSA) is 63.6 Å². The molecule has 0 fully saturated rings. The van der Waals surface area contributed by atoms with Crippen LogP contribution in [0.3, 0.4) is 0 Å². The average molecular weight is 364 g/mol. The van der Waals surface area contributed by atoms with Gasteiger partial charge in [-0.2, -0.15) is 0 Å². The van der Waals surface area contributed by atoms with Crippen molar-refractivity contribution in [1.29, 1.82) is 0 Å². The lowest BCUT2D eigenvalue weighted by molar-refractivity contribution is -0.131. The zero-order chi connectivity index (χ0) is 20.0. The smallest absolute Gasteiger partial charge is 0.308 e. The van der Waals surface area contributed by atoms with Crippen LogP contribution >= 0.6 is 0 Å². The Morgan fingerprint density at radius 1 is 1.04 bits per heavy atom. The molecular formula is C23H24O4. The lowest BCUT2D eigenvalue weighted by Gasteiger charge is -2.10. The van der Waals surface area contributed by atoms with Crippen LogP contribution in [0.25, 0.3) is 6.08 Å². The average Bonchev–Trinajstić information content (AvgIpc) is 2.60. The van der Waals surface area contributed by atoms with Crippen molar-refractivity contribution in [2.24, 2.45) is 0 Å². The van der Waals surface area contributed by atoms with E-state index in [2.05, 4.69) is 0 Å². The Hall–Kier alpha value is -3.14. The summed E-state index contributed by atoms with van der Waals surface area (Å²) in [6.07, 6.45) is 5.83. The summed E-state index contributed by atoms with van der Waals surface area (Å²) in [4.78, 5) is 23.5. The third-order valence-corrected chi connectivity index (χ3v) is 4.12. The number of allylic oxidation sites excluding steroid dienone is 3. The van der Waals surface area contributed by atoms with Gasteiger partial charge in [-0.15, -0.1) is 0 Å². The number of ketones is 1. The van der Waals surface area contributed by atoms with Crippen molar-refractivity contribution in [3.8, 4) is 11.5 Å². The number of hydrogen-bond donors (Lipinski definition) is 1. The maximum absolute atomic E-state index is 12.6. The number of rotatable bonds is 6. The van der Waals surface area contributed by atoms with Crippen LogP contribution < -0.4 is 4.74 Å². The number of benzene rings is 2. The summed E-state index contributed by atoms with van der Waals surface area (Å²) in [5.74, 6) is 0.158. The van der Waals surface area contributed by atoms with Crippen LogP contribution in [0.1, 0.15) is 47.8 Å². The van der Waals surface area contributed by atoms with Crippen molar-refractivity contribution in [1.82, 2.24) is 0 Å². The van der Waals surface area contributed by atoms with Crippen LogP contribution in [0.4, 0.5) is 0 Å². The highest BCUT2D eigenvalue weighted by molar-refractivity contribution is 6.08. The van der Waals surface area contributed by atoms with E-state index in [0.29, 0.717) is 17.7 Å². The Morgan fingerprint density at radius 3 is 2.30 bits per heavy atom. The quantitative estimate of drug-likeness (QED) is 0.257. The number of hydrogen-bond acceptors (Lipinski definition) is 4. The van der Waals surface area contributed by atoms with Crippen LogP contribution in [-0.2, 0) is 11.2 Å². The van der Waals surface area contributed by atoms with E-state index in [-0.39, 0.29) is 17.5 Å². The first-order valence-electron chi connectivity index (χ1n) is 8.73. The Balaban J connectivity index is 2.20. The number of carbonyl (C=O) groups excluding carboxylic acids is 2. The van der Waals surface area contributed by atoms with Gasteiger partial charge in [-0.3, -0.25) is 9.59 Å². The lowest BCUT2D eigenvalue weighted by atomic mass is 9.95. The van der Waals surface area contributed by atoms with Crippen LogP contribution in [0.5, 0.6) is 11.5 Å². The van der Waals surface area contributed by atoms with Gasteiger partial charge in [-0.1, -0.05) is 29.9 Å². The molecule has 0 spiro atoms. The molecule has 0 aliphatic rings. The van der Waals surface area contributed by atoms with Gasteiger partial charge in [0.15, 0.2) is 5.78 Å². The van der Waals surface area contributed by atoms with Crippen molar-refractivity contribution in [3.05, 3.63) is 76.4 Å². The third kappa shape index (κ3) is 5.68. The molecule has 0 aromatic heterocycles. The molecule has 0 amide bonds. The number of esters is 1. The largest absolute Gasteiger partial charge is 0.508 e. The molecule has 27 heavy (non-hydrogen) atoms. The molecule has 4 nitrogen and oxygen atoms in total. The van der Waals surface area contributed by atoms with Gasteiger partial charge in [0.05, 0.1) is 0 Å². The summed E-state index contributed by atoms with van der Waals surface area (Å²) in [6.45, 7) is 7.19. The Labute approximate surface area is 159 Å². The fraction of sp³-hybridized carbons (Fsp3) is 0.217. The van der Waals surface area contributed by atoms with Gasteiger partial charge in [0, 0.05) is 18.1 Å². The lowest BCUT2D eigenvalue weighted by Crippen LogP contribution is -2.02. The fourth-order valence-corrected chi connectivity index (χ4v) is 2.65. The highest BCUT2D eigenvalue weighted by atomic mass is 16.5. The minimum atomic E-state index is -0.375. The zero-order valence-corrected chi connectivity index (χ0v) is 16.1. The molecule has 0 atom stereocenters. The summed E-state index contributed by atoms with van der Waals surface area (Å²) < 4.78 is 4.99. The molecule has 2 aromatic rings. The van der Waals surface area contributed by atoms with Gasteiger partial charge in [-0.05, 0) is 68.7 Å². The second-order valence-corrected chi connectivity index (χ2v) is 6.58. The number of phenols is 1. The van der Waals surface area contributed by atoms with E-state index < -0.39 is 0 Å². The molecule has 0 aliphatic heterocycles. The zero-order valence-electron chi connectivity index (χ0n) is 16.1. The van der Waals surface area contributed by atoms with Crippen molar-refractivity contribution in [2.45, 2.75) is 34.1 Å². The van der Waals surface area contributed by atoms with E-state index in [1.54, 1.807) is 42.5 Å². The Bertz CT molecular complexity index is 899. The van der Waals surface area contributed by atoms with E-state index >= 15 is 0 Å². The minimum absolute atomic E-state index is 0.130. The van der Waals surface area contributed by atoms with Gasteiger partial charge < -0.3 is 9.84 Å². The second kappa shape index (κ2) is 8.99. The summed E-state index contributed by atoms with van der Waals surface area (Å²) in [7, 11) is 0. The standard InChI is InChI=1S/C23H24O4/c1-15(2)5-11-20-16(3)21(12-14-23(20)26)22(25)13-8-18-6-9-19(10-7-18)27-17(4)24/h5-10,12-14,26H,11H2,1-4H3/b13-8+. The third-order valence-electron chi connectivity index (χ3n) is 4.12. The highest BCUT2D eigenvalue weighted by Crippen LogP contribution is 2.26. The Kier molecular flexibility index (Phi) is 6.72. The summed E-state index contributed by atoms with van der Waals surface area (Å²) in [6, 6.07) is 10.1. The molecule has 1 N–H and O–H groups in total. The molecule has 0 saturated heterocycles. The number of ether oxygens (including phenoxy) is 1. The number of aromatic hydroxyl groups is 1. The van der Waals surface area contributed by atoms with Crippen LogP contribution in [0, 0.1) is 6.92 Å². The fourth-order valence-electron chi connectivity index (χ4n) is 2.65. The molecular weight excluding hydrogens is 340 g/mol. The van der Waals surface area contributed by atoms with Gasteiger partial charge >= 0.3 is 5.97 Å². The first-order valence-corrected chi connectivity index (χ1v) is 8.73. The predicted molar refractivity (Wildman–Crippen MR) is 107 cm³/mol. The first kappa shape index (κ1) is 20.2. The maximum atomic E-state index is 12.6. The van der Waals surface area contributed by atoms with Gasteiger partial charge in [0.1, 0.15) is 11.5 Å². The minimum Gasteiger partial charge on any atom is -0.508 e. The molecule has 140 valence electrons. The number of phenolic OH excluding ortho intramolecular Hbond substituents is 1. The molecule has 2 aromatic carbocycles. The highest BCUT2D eigenvalue weighted by Gasteiger charge is 2.12. The SMILES string of the molecule is CC(=O)Oc1ccc(/C=C/C(=O)c2ccc(O)c(CC=C(C)C)c2C)cc1. The maximum Gasteiger partial charge on any atom is 0.308 e. The molecule has 0 saturated carbocycles. The van der Waals surface area contributed by atoms with Crippen LogP contribution in [-0.4, -0.2) is 16.9 Å². The van der Waals surface area contributed by atoms with E-state index in [4.69, 9.17) is 4.74 Å². The number of carbonyl (C=O) groups is 2. The summed E-state index contributed by atoms with van der Waals surface area (Å²) in [5.41, 5.74) is 4.09. The molecule has 0 bridgehead atoms. The van der Waals surface area contributed by atoms with Gasteiger partial charge in [0.25, 0.3) is 0 Å². The van der Waals surface area contributed by atoms with Crippen molar-refractivity contribution in [3.63, 3.8) is 0 Å². The van der Waals surface area contributed by atoms with Crippen molar-refractivity contribution < 1.29 is 19.4 Å². The summed E-state index contributed by atoms with van der Waals surface area (Å²) in [5, 5.41) is 10.1. The second-order valence-electron chi connectivity index (χ2n) is 6.58. The Morgan fingerprint density at radius 2 is 1.70 bits per heavy atom. The van der Waals surface area contributed by atoms with Crippen LogP contribution in [0.2, 0.25) is 0 Å². The van der Waals surface area contributed by atoms with Crippen molar-refractivity contribution in [2.75, 3.05) is 0 Å². The molecule has 4 heteroatoms. The van der Waals surface area contributed by atoms with E-state index in [1.165, 1.54) is 13.0 Å². The first-order chi connectivity index (χ1) is 12.8. The monoisotopic (exact) mass is 364 g/mol. The molecule has 0 radical (unpaired) electrons. The van der Waals surface area contributed by atoms with Crippen LogP contribution in [0.15, 0.2) is 54.1 Å². The van der Waals surface area contributed by atoms with E-state index in [1.807, 2.05) is 26.8 Å². The molecule has 0 heterocycles. The molecule has 2 rings (SSSR count). The molecule has 0 aliphatic carbocycles.